The topological polar surface area (TPSA) is 145 Å². The van der Waals surface area contributed by atoms with Gasteiger partial charge in [-0.15, -0.1) is 0 Å². The zero-order valence-electron chi connectivity index (χ0n) is 29.7. The molecule has 5 heterocycles. The van der Waals surface area contributed by atoms with Crippen LogP contribution >= 0.6 is 0 Å². The lowest BCUT2D eigenvalue weighted by Gasteiger charge is -2.46. The SMILES string of the molecule is [C-]#[N+]/C(=C/C(C)(C)N1CCN(C2COC2)CC1)C(=O)Nc1cc2c(Nc3cc(C)c(Oc4ccn5ncnc5c4)cc3OC)ncnc2cc1OC. The van der Waals surface area contributed by atoms with Crippen molar-refractivity contribution < 1.29 is 23.7 Å². The molecule has 268 valence electrons. The number of rotatable bonds is 11. The lowest BCUT2D eigenvalue weighted by molar-refractivity contribution is -0.112. The molecule has 1 amide bonds. The van der Waals surface area contributed by atoms with Crippen molar-refractivity contribution in [2.24, 2.45) is 0 Å². The normalized spacial score (nSPS) is 16.0. The fourth-order valence-electron chi connectivity index (χ4n) is 6.47. The molecule has 2 aliphatic rings. The van der Waals surface area contributed by atoms with E-state index in [4.69, 9.17) is 25.5 Å². The molecule has 0 spiro atoms. The van der Waals surface area contributed by atoms with Crippen LogP contribution in [0.3, 0.4) is 0 Å². The van der Waals surface area contributed by atoms with Gasteiger partial charge in [-0.25, -0.2) is 24.3 Å². The van der Waals surface area contributed by atoms with E-state index in [1.54, 1.807) is 48.2 Å². The van der Waals surface area contributed by atoms with Crippen LogP contribution in [0.25, 0.3) is 21.4 Å². The monoisotopic (exact) mass is 704 g/mol. The van der Waals surface area contributed by atoms with Crippen LogP contribution in [0.4, 0.5) is 17.2 Å². The lowest BCUT2D eigenvalue weighted by atomic mass is 9.99. The van der Waals surface area contributed by atoms with Crippen molar-refractivity contribution in [2.75, 3.05) is 64.2 Å². The van der Waals surface area contributed by atoms with Gasteiger partial charge in [-0.05, 0) is 44.5 Å². The van der Waals surface area contributed by atoms with E-state index in [0.29, 0.717) is 62.8 Å². The smallest absolute Gasteiger partial charge is 0.254 e. The van der Waals surface area contributed by atoms with Crippen LogP contribution < -0.4 is 24.8 Å². The highest BCUT2D eigenvalue weighted by Crippen LogP contribution is 2.39. The minimum Gasteiger partial charge on any atom is -0.494 e. The molecule has 0 bridgehead atoms. The van der Waals surface area contributed by atoms with Crippen molar-refractivity contribution in [3.63, 3.8) is 0 Å². The predicted octanol–water partition coefficient (Wildman–Crippen LogP) is 5.07. The van der Waals surface area contributed by atoms with Gasteiger partial charge < -0.3 is 29.6 Å². The molecule has 3 aromatic heterocycles. The summed E-state index contributed by atoms with van der Waals surface area (Å²) in [6, 6.07) is 11.3. The molecule has 0 radical (unpaired) electrons. The average molecular weight is 705 g/mol. The number of hydrogen-bond donors (Lipinski definition) is 2. The molecule has 0 atom stereocenters. The van der Waals surface area contributed by atoms with Crippen LogP contribution in [0.5, 0.6) is 23.0 Å². The highest BCUT2D eigenvalue weighted by molar-refractivity contribution is 6.07. The van der Waals surface area contributed by atoms with E-state index in [0.717, 1.165) is 45.0 Å². The van der Waals surface area contributed by atoms with E-state index < -0.39 is 11.4 Å². The summed E-state index contributed by atoms with van der Waals surface area (Å²) >= 11 is 0. The largest absolute Gasteiger partial charge is 0.494 e. The van der Waals surface area contributed by atoms with E-state index in [1.807, 2.05) is 32.9 Å². The van der Waals surface area contributed by atoms with Crippen molar-refractivity contribution in [1.29, 1.82) is 0 Å². The van der Waals surface area contributed by atoms with Crippen molar-refractivity contribution in [2.45, 2.75) is 32.4 Å². The van der Waals surface area contributed by atoms with Gasteiger partial charge in [-0.3, -0.25) is 14.6 Å². The van der Waals surface area contributed by atoms with E-state index >= 15 is 0 Å². The van der Waals surface area contributed by atoms with Gasteiger partial charge in [0.1, 0.15) is 41.5 Å². The quantitative estimate of drug-likeness (QED) is 0.140. The number of hydrogen-bond acceptors (Lipinski definition) is 12. The van der Waals surface area contributed by atoms with Gasteiger partial charge in [0.25, 0.3) is 5.91 Å². The molecular weight excluding hydrogens is 664 g/mol. The maximum Gasteiger partial charge on any atom is 0.254 e. The Kier molecular flexibility index (Phi) is 9.61. The highest BCUT2D eigenvalue weighted by atomic mass is 16.5. The second-order valence-electron chi connectivity index (χ2n) is 13.2. The van der Waals surface area contributed by atoms with E-state index in [2.05, 4.69) is 45.3 Å². The molecule has 15 nitrogen and oxygen atoms in total. The van der Waals surface area contributed by atoms with Gasteiger partial charge in [0.2, 0.25) is 5.70 Å². The number of amides is 1. The lowest BCUT2D eigenvalue weighted by Crippen LogP contribution is -2.59. The summed E-state index contributed by atoms with van der Waals surface area (Å²) in [5.74, 6) is 2.06. The summed E-state index contributed by atoms with van der Waals surface area (Å²) in [5, 5.41) is 11.0. The first-order valence-electron chi connectivity index (χ1n) is 16.9. The molecule has 0 aliphatic carbocycles. The number of fused-ring (bicyclic) bond motifs is 2. The Hall–Kier alpha value is -5.82. The maximum absolute atomic E-state index is 13.6. The second kappa shape index (κ2) is 14.4. The molecule has 15 heteroatoms. The number of methoxy groups -OCH3 is 2. The molecule has 2 fully saturated rings. The Balaban J connectivity index is 1.12. The molecule has 5 aromatic rings. The molecule has 2 aliphatic heterocycles. The number of anilines is 3. The standard InChI is InChI=1S/C37H40N10O5/c1-23-13-28(33(50-6)17-31(23)52-25-7-8-47-34(14-25)40-22-42-47)43-35-26-15-29(32(49-5)16-27(26)39-21-41-35)44-36(48)30(38-4)18-37(2,3)46-11-9-45(10-12-46)24-19-51-20-24/h7-8,13-18,21-22,24H,9-12,19-20H2,1-3,5-6H3,(H,44,48)(H,39,41,43)/b30-18+. The average Bonchev–Trinajstić information content (AvgIpc) is 3.59. The van der Waals surface area contributed by atoms with E-state index in [-0.39, 0.29) is 5.70 Å². The summed E-state index contributed by atoms with van der Waals surface area (Å²) in [6.07, 6.45) is 6.45. The third-order valence-electron chi connectivity index (χ3n) is 9.54. The fraction of sp³-hybridized carbons (Fsp3) is 0.351. The number of benzene rings is 2. The first-order valence-corrected chi connectivity index (χ1v) is 16.9. The highest BCUT2D eigenvalue weighted by Gasteiger charge is 2.34. The molecule has 2 aromatic carbocycles. The van der Waals surface area contributed by atoms with E-state index in [9.17, 15) is 4.79 Å². The summed E-state index contributed by atoms with van der Waals surface area (Å²) in [5.41, 5.74) is 2.59. The number of carbonyl (C=O) groups is 1. The van der Waals surface area contributed by atoms with Crippen LogP contribution in [-0.2, 0) is 9.53 Å². The molecule has 7 rings (SSSR count). The number of aryl methyl sites for hydroxylation is 1. The van der Waals surface area contributed by atoms with Gasteiger partial charge >= 0.3 is 0 Å². The van der Waals surface area contributed by atoms with Crippen molar-refractivity contribution in [3.8, 4) is 23.0 Å². The zero-order chi connectivity index (χ0) is 36.4. The van der Waals surface area contributed by atoms with Gasteiger partial charge in [-0.1, -0.05) is 6.08 Å². The molecule has 0 unspecified atom stereocenters. The van der Waals surface area contributed by atoms with Gasteiger partial charge in [0.05, 0.1) is 56.9 Å². The van der Waals surface area contributed by atoms with Crippen LogP contribution in [-0.4, -0.2) is 105 Å². The first-order chi connectivity index (χ1) is 25.1. The maximum atomic E-state index is 13.6. The molecule has 2 saturated heterocycles. The summed E-state index contributed by atoms with van der Waals surface area (Å²) in [6.45, 7) is 19.0. The molecule has 0 saturated carbocycles. The second-order valence-corrected chi connectivity index (χ2v) is 13.2. The number of nitrogens with one attached hydrogen (secondary N) is 2. The molecule has 52 heavy (non-hydrogen) atoms. The van der Waals surface area contributed by atoms with Crippen molar-refractivity contribution in [3.05, 3.63) is 84.0 Å². The minimum absolute atomic E-state index is 0.00600. The minimum atomic E-state index is -0.534. The Morgan fingerprint density at radius 2 is 1.75 bits per heavy atom. The van der Waals surface area contributed by atoms with Gasteiger partial charge in [-0.2, -0.15) is 5.10 Å². The van der Waals surface area contributed by atoms with Crippen molar-refractivity contribution in [1.82, 2.24) is 34.4 Å². The Morgan fingerprint density at radius 1 is 0.981 bits per heavy atom. The first kappa shape index (κ1) is 34.6. The predicted molar refractivity (Wildman–Crippen MR) is 195 cm³/mol. The molecule has 2 N–H and O–H groups in total. The van der Waals surface area contributed by atoms with Crippen molar-refractivity contribution >= 4 is 39.6 Å². The number of carbonyl (C=O) groups excluding carboxylic acids is 1. The van der Waals surface area contributed by atoms with Crippen LogP contribution in [0, 0.1) is 13.5 Å². The Bertz CT molecular complexity index is 2200. The number of piperazine rings is 1. The van der Waals surface area contributed by atoms with Gasteiger partial charge in [0.15, 0.2) is 5.65 Å². The Morgan fingerprint density at radius 3 is 2.46 bits per heavy atom. The number of aromatic nitrogens is 5. The summed E-state index contributed by atoms with van der Waals surface area (Å²) in [4.78, 5) is 35.2. The third-order valence-corrected chi connectivity index (χ3v) is 9.54. The summed E-state index contributed by atoms with van der Waals surface area (Å²) < 4.78 is 24.6. The van der Waals surface area contributed by atoms with E-state index in [1.165, 1.54) is 19.8 Å². The number of nitrogens with zero attached hydrogens (tertiary/aromatic N) is 8. The van der Waals surface area contributed by atoms with Crippen LogP contribution in [0.1, 0.15) is 19.4 Å². The fourth-order valence-corrected chi connectivity index (χ4v) is 6.47. The van der Waals surface area contributed by atoms with Gasteiger partial charge in [0, 0.05) is 61.5 Å². The Labute approximate surface area is 301 Å². The number of pyridine rings is 1. The van der Waals surface area contributed by atoms with Crippen LogP contribution in [0.15, 0.2) is 67.0 Å². The third kappa shape index (κ3) is 7.04. The molecular formula is C37H40N10O5. The zero-order valence-corrected chi connectivity index (χ0v) is 29.7. The summed E-state index contributed by atoms with van der Waals surface area (Å²) in [7, 11) is 3.09. The number of ether oxygens (including phenoxy) is 4. The van der Waals surface area contributed by atoms with Crippen LogP contribution in [0.2, 0.25) is 0 Å².